The van der Waals surface area contributed by atoms with Gasteiger partial charge in [0.15, 0.2) is 0 Å². The minimum atomic E-state index is -0.693. The third-order valence-corrected chi connectivity index (χ3v) is 5.26. The lowest BCUT2D eigenvalue weighted by Gasteiger charge is -2.14. The Bertz CT molecular complexity index is 1040. The highest BCUT2D eigenvalue weighted by Gasteiger charge is 2.47. The molecule has 0 radical (unpaired) electrons. The van der Waals surface area contributed by atoms with Crippen molar-refractivity contribution in [2.45, 2.75) is 26.4 Å². The lowest BCUT2D eigenvalue weighted by Crippen LogP contribution is -2.36. The van der Waals surface area contributed by atoms with Crippen molar-refractivity contribution in [2.24, 2.45) is 11.8 Å². The van der Waals surface area contributed by atoms with E-state index in [1.807, 2.05) is 25.1 Å². The van der Waals surface area contributed by atoms with Gasteiger partial charge in [-0.15, -0.1) is 0 Å². The maximum Gasteiger partial charge on any atom is 0.336 e. The van der Waals surface area contributed by atoms with Crippen molar-refractivity contribution in [1.29, 1.82) is 0 Å². The van der Waals surface area contributed by atoms with Gasteiger partial charge in [-0.1, -0.05) is 24.3 Å². The molecule has 0 spiro atoms. The molecule has 1 aromatic carbocycles. The van der Waals surface area contributed by atoms with Crippen molar-refractivity contribution in [3.05, 3.63) is 58.0 Å². The lowest BCUT2D eigenvalue weighted by atomic mass is 9.85. The van der Waals surface area contributed by atoms with E-state index in [0.29, 0.717) is 29.4 Å². The number of hydrogen-bond acceptors (Lipinski definition) is 6. The van der Waals surface area contributed by atoms with Crippen molar-refractivity contribution in [3.8, 4) is 0 Å². The second-order valence-corrected chi connectivity index (χ2v) is 7.17. The first-order chi connectivity index (χ1) is 13.4. The zero-order valence-corrected chi connectivity index (χ0v) is 15.3. The molecule has 0 N–H and O–H groups in total. The van der Waals surface area contributed by atoms with E-state index in [9.17, 15) is 19.2 Å². The maximum atomic E-state index is 12.4. The molecule has 2 heterocycles. The number of ether oxygens (including phenoxy) is 1. The van der Waals surface area contributed by atoms with Crippen molar-refractivity contribution in [3.63, 3.8) is 0 Å². The molecule has 28 heavy (non-hydrogen) atoms. The third kappa shape index (κ3) is 3.24. The molecule has 2 aromatic rings. The molecule has 1 aromatic heterocycles. The molecule has 2 aliphatic rings. The Kier molecular flexibility index (Phi) is 4.58. The Balaban J connectivity index is 1.46. The number of nitrogens with zero attached hydrogens (tertiary/aromatic N) is 1. The number of benzene rings is 1. The first-order valence-electron chi connectivity index (χ1n) is 9.13. The highest BCUT2D eigenvalue weighted by Crippen LogP contribution is 2.34. The summed E-state index contributed by atoms with van der Waals surface area (Å²) in [4.78, 5) is 49.9. The fraction of sp³-hybridized carbons (Fsp3) is 0.333. The Hall–Kier alpha value is -3.22. The Morgan fingerprint density at radius 1 is 1.11 bits per heavy atom. The predicted molar refractivity (Wildman–Crippen MR) is 99.1 cm³/mol. The average molecular weight is 381 g/mol. The second kappa shape index (κ2) is 7.07. The smallest absolute Gasteiger partial charge is 0.336 e. The molecule has 2 amide bonds. The van der Waals surface area contributed by atoms with Gasteiger partial charge in [0.2, 0.25) is 11.8 Å². The van der Waals surface area contributed by atoms with Gasteiger partial charge in [0.1, 0.15) is 18.7 Å². The number of likely N-dealkylation sites (tertiary alicyclic amines) is 1. The van der Waals surface area contributed by atoms with Crippen molar-refractivity contribution in [1.82, 2.24) is 4.90 Å². The summed E-state index contributed by atoms with van der Waals surface area (Å²) in [6.07, 6.45) is 4.82. The van der Waals surface area contributed by atoms with E-state index in [1.54, 1.807) is 12.1 Å². The molecule has 7 heteroatoms. The zero-order valence-electron chi connectivity index (χ0n) is 15.3. The summed E-state index contributed by atoms with van der Waals surface area (Å²) >= 11 is 0. The molecule has 0 unspecified atom stereocenters. The molecule has 7 nitrogen and oxygen atoms in total. The second-order valence-electron chi connectivity index (χ2n) is 7.17. The number of amides is 2. The van der Waals surface area contributed by atoms with Crippen LogP contribution in [0.3, 0.4) is 0 Å². The van der Waals surface area contributed by atoms with Crippen LogP contribution in [0.2, 0.25) is 0 Å². The van der Waals surface area contributed by atoms with Crippen molar-refractivity contribution < 1.29 is 23.5 Å². The molecule has 1 saturated heterocycles. The highest BCUT2D eigenvalue weighted by atomic mass is 16.5. The van der Waals surface area contributed by atoms with Gasteiger partial charge < -0.3 is 9.15 Å². The monoisotopic (exact) mass is 381 g/mol. The largest absolute Gasteiger partial charge is 0.459 e. The number of imide groups is 1. The van der Waals surface area contributed by atoms with Gasteiger partial charge in [-0.2, -0.15) is 0 Å². The van der Waals surface area contributed by atoms with Crippen LogP contribution >= 0.6 is 0 Å². The van der Waals surface area contributed by atoms with E-state index in [4.69, 9.17) is 9.15 Å². The number of carbonyl (C=O) groups is 3. The van der Waals surface area contributed by atoms with Gasteiger partial charge in [-0.05, 0) is 31.4 Å². The Labute approximate surface area is 160 Å². The normalized spacial score (nSPS) is 21.2. The van der Waals surface area contributed by atoms with Crippen molar-refractivity contribution in [2.75, 3.05) is 6.54 Å². The summed E-state index contributed by atoms with van der Waals surface area (Å²) in [6.45, 7) is 1.32. The highest BCUT2D eigenvalue weighted by molar-refractivity contribution is 6.07. The van der Waals surface area contributed by atoms with Crippen LogP contribution in [-0.4, -0.2) is 29.2 Å². The summed E-state index contributed by atoms with van der Waals surface area (Å²) in [5.74, 6) is -2.09. The summed E-state index contributed by atoms with van der Waals surface area (Å²) in [7, 11) is 0. The van der Waals surface area contributed by atoms with Crippen LogP contribution in [0.4, 0.5) is 0 Å². The maximum absolute atomic E-state index is 12.4. The number of aryl methyl sites for hydroxylation is 1. The summed E-state index contributed by atoms with van der Waals surface area (Å²) in [6, 6.07) is 6.67. The fourth-order valence-corrected chi connectivity index (χ4v) is 3.81. The number of carbonyl (C=O) groups excluding carboxylic acids is 3. The minimum absolute atomic E-state index is 0.144. The van der Waals surface area contributed by atoms with E-state index in [2.05, 4.69) is 0 Å². The molecule has 1 aliphatic carbocycles. The van der Waals surface area contributed by atoms with E-state index >= 15 is 0 Å². The molecule has 1 aliphatic heterocycles. The third-order valence-electron chi connectivity index (χ3n) is 5.26. The molecule has 0 saturated carbocycles. The molecule has 4 rings (SSSR count). The van der Waals surface area contributed by atoms with Gasteiger partial charge in [0, 0.05) is 17.0 Å². The number of allylic oxidation sites excluding steroid dienone is 2. The van der Waals surface area contributed by atoms with Gasteiger partial charge in [0.05, 0.1) is 11.8 Å². The zero-order chi connectivity index (χ0) is 19.8. The molecular weight excluding hydrogens is 362 g/mol. The SMILES string of the molecule is Cc1ccc2c(COC(=O)CN3C(=O)[C@H]4CC=CC[C@H]4C3=O)cc(=O)oc2c1. The predicted octanol–water partition coefficient (Wildman–Crippen LogP) is 2.10. The van der Waals surface area contributed by atoms with Gasteiger partial charge in [-0.3, -0.25) is 19.3 Å². The van der Waals surface area contributed by atoms with Crippen LogP contribution in [0.1, 0.15) is 24.0 Å². The Morgan fingerprint density at radius 2 is 1.79 bits per heavy atom. The fourth-order valence-electron chi connectivity index (χ4n) is 3.81. The van der Waals surface area contributed by atoms with E-state index in [0.717, 1.165) is 10.5 Å². The van der Waals surface area contributed by atoms with Crippen LogP contribution in [0.5, 0.6) is 0 Å². The quantitative estimate of drug-likeness (QED) is 0.348. The average Bonchev–Trinajstić information content (AvgIpc) is 2.91. The van der Waals surface area contributed by atoms with Crippen molar-refractivity contribution >= 4 is 28.8 Å². The number of hydrogen-bond donors (Lipinski definition) is 0. The first kappa shape index (κ1) is 18.2. The summed E-state index contributed by atoms with van der Waals surface area (Å²) in [5.41, 5.74) is 1.33. The molecular formula is C21H19NO6. The van der Waals surface area contributed by atoms with Crippen LogP contribution in [0, 0.1) is 18.8 Å². The summed E-state index contributed by atoms with van der Waals surface area (Å²) < 4.78 is 10.4. The lowest BCUT2D eigenvalue weighted by molar-refractivity contribution is -0.153. The molecule has 0 bridgehead atoms. The molecule has 144 valence electrons. The first-order valence-corrected chi connectivity index (χ1v) is 9.13. The van der Waals surface area contributed by atoms with Crippen LogP contribution in [0.25, 0.3) is 11.0 Å². The van der Waals surface area contributed by atoms with Crippen LogP contribution in [0.15, 0.2) is 45.6 Å². The standard InChI is InChI=1S/C21H19NO6/c1-12-6-7-14-13(9-18(23)28-17(14)8-12)11-27-19(24)10-22-20(25)15-4-2-3-5-16(15)21(22)26/h2-3,6-9,15-16H,4-5,10-11H2,1H3/t15-,16+. The number of fused-ring (bicyclic) bond motifs is 2. The molecule has 1 fully saturated rings. The van der Waals surface area contributed by atoms with E-state index in [1.165, 1.54) is 6.07 Å². The number of esters is 1. The van der Waals surface area contributed by atoms with Crippen LogP contribution in [-0.2, 0) is 25.7 Å². The summed E-state index contributed by atoms with van der Waals surface area (Å²) in [5, 5.41) is 0.670. The Morgan fingerprint density at radius 3 is 2.46 bits per heavy atom. The van der Waals surface area contributed by atoms with E-state index < -0.39 is 18.1 Å². The van der Waals surface area contributed by atoms with Gasteiger partial charge in [-0.25, -0.2) is 4.79 Å². The van der Waals surface area contributed by atoms with Gasteiger partial charge in [0.25, 0.3) is 0 Å². The number of rotatable bonds is 4. The van der Waals surface area contributed by atoms with Crippen LogP contribution < -0.4 is 5.63 Å². The molecule has 2 atom stereocenters. The minimum Gasteiger partial charge on any atom is -0.459 e. The van der Waals surface area contributed by atoms with E-state index in [-0.39, 0.29) is 30.3 Å². The topological polar surface area (TPSA) is 93.9 Å². The van der Waals surface area contributed by atoms with Gasteiger partial charge >= 0.3 is 11.6 Å².